The van der Waals surface area contributed by atoms with E-state index in [0.717, 1.165) is 11.3 Å². The number of aromatic nitrogens is 1. The summed E-state index contributed by atoms with van der Waals surface area (Å²) in [5.74, 6) is -0.295. The smallest absolute Gasteiger partial charge is 0.312 e. The highest BCUT2D eigenvalue weighted by molar-refractivity contribution is 6.30. The number of benzene rings is 1. The van der Waals surface area contributed by atoms with Gasteiger partial charge in [0, 0.05) is 29.7 Å². The maximum absolute atomic E-state index is 12.5. The second-order valence-corrected chi connectivity index (χ2v) is 5.65. The van der Waals surface area contributed by atoms with Crippen molar-refractivity contribution in [3.63, 3.8) is 0 Å². The van der Waals surface area contributed by atoms with Gasteiger partial charge in [0.2, 0.25) is 0 Å². The molecule has 0 unspecified atom stereocenters. The number of hydrogen-bond acceptors (Lipinski definition) is 3. The Hall–Kier alpha value is -2.07. The Balaban J connectivity index is 2.24. The van der Waals surface area contributed by atoms with E-state index in [1.165, 1.54) is 0 Å². The quantitative estimate of drug-likeness (QED) is 0.761. The Morgan fingerprint density at radius 1 is 1.29 bits per heavy atom. The lowest BCUT2D eigenvalue weighted by Gasteiger charge is -2.25. The lowest BCUT2D eigenvalue weighted by molar-refractivity contribution is -0.135. The maximum atomic E-state index is 12.5. The maximum Gasteiger partial charge on any atom is 0.312 e. The fourth-order valence-electron chi connectivity index (χ4n) is 2.66. The number of rotatable bonds is 1. The number of pyridine rings is 1. The summed E-state index contributed by atoms with van der Waals surface area (Å²) in [7, 11) is 1.71. The molecule has 108 valence electrons. The number of carbonyl (C=O) groups is 1. The second kappa shape index (κ2) is 5.04. The van der Waals surface area contributed by atoms with E-state index < -0.39 is 0 Å². The minimum atomic E-state index is -0.333. The van der Waals surface area contributed by atoms with Gasteiger partial charge in [0.1, 0.15) is 5.75 Å². The summed E-state index contributed by atoms with van der Waals surface area (Å²) in [4.78, 5) is 24.4. The summed E-state index contributed by atoms with van der Waals surface area (Å²) in [5.41, 5.74) is 1.98. The van der Waals surface area contributed by atoms with Crippen LogP contribution in [0.4, 0.5) is 0 Å². The zero-order valence-electron chi connectivity index (χ0n) is 11.7. The first-order valence-corrected chi connectivity index (χ1v) is 7.02. The van der Waals surface area contributed by atoms with Crippen LogP contribution in [0.3, 0.4) is 0 Å². The molecule has 5 heteroatoms. The number of hydrogen-bond donors (Lipinski definition) is 0. The Morgan fingerprint density at radius 3 is 2.76 bits per heavy atom. The summed E-state index contributed by atoms with van der Waals surface area (Å²) in [6.45, 7) is 1.80. The molecular formula is C16H14ClNO3. The second-order valence-electron chi connectivity index (χ2n) is 5.21. The molecule has 3 rings (SSSR count). The van der Waals surface area contributed by atoms with Gasteiger partial charge in [0.25, 0.3) is 5.56 Å². The molecule has 1 aliphatic rings. The Morgan fingerprint density at radius 2 is 2.05 bits per heavy atom. The summed E-state index contributed by atoms with van der Waals surface area (Å²) < 4.78 is 6.81. The first kappa shape index (κ1) is 13.9. The number of carbonyl (C=O) groups excluding carboxylic acids is 1. The SMILES string of the molecule is Cc1cc2c(c(=O)n1C)[C@H](c1cccc(Cl)c1)CC(=O)O2. The number of ether oxygens (including phenoxy) is 1. The van der Waals surface area contributed by atoms with E-state index in [9.17, 15) is 9.59 Å². The Bertz CT molecular complexity index is 795. The van der Waals surface area contributed by atoms with Crippen LogP contribution in [0.2, 0.25) is 5.02 Å². The van der Waals surface area contributed by atoms with E-state index >= 15 is 0 Å². The first-order valence-electron chi connectivity index (χ1n) is 6.64. The van der Waals surface area contributed by atoms with Crippen molar-refractivity contribution in [3.8, 4) is 5.75 Å². The molecule has 1 aliphatic heterocycles. The van der Waals surface area contributed by atoms with Gasteiger partial charge in [-0.05, 0) is 24.6 Å². The van der Waals surface area contributed by atoms with Gasteiger partial charge in [-0.1, -0.05) is 23.7 Å². The lowest BCUT2D eigenvalue weighted by Crippen LogP contribution is -2.31. The predicted molar refractivity (Wildman–Crippen MR) is 80.0 cm³/mol. The van der Waals surface area contributed by atoms with E-state index in [1.807, 2.05) is 12.1 Å². The summed E-state index contributed by atoms with van der Waals surface area (Å²) in [6.07, 6.45) is 0.144. The van der Waals surface area contributed by atoms with Crippen molar-refractivity contribution in [1.29, 1.82) is 0 Å². The molecule has 0 saturated heterocycles. The third-order valence-corrected chi connectivity index (χ3v) is 4.10. The van der Waals surface area contributed by atoms with Crippen molar-refractivity contribution >= 4 is 17.6 Å². The highest BCUT2D eigenvalue weighted by Gasteiger charge is 2.32. The van der Waals surface area contributed by atoms with Crippen molar-refractivity contribution < 1.29 is 9.53 Å². The van der Waals surface area contributed by atoms with Crippen LogP contribution in [0.25, 0.3) is 0 Å². The van der Waals surface area contributed by atoms with Gasteiger partial charge in [-0.2, -0.15) is 0 Å². The van der Waals surface area contributed by atoms with Gasteiger partial charge in [-0.3, -0.25) is 9.59 Å². The Labute approximate surface area is 126 Å². The van der Waals surface area contributed by atoms with Crippen molar-refractivity contribution in [2.24, 2.45) is 7.05 Å². The minimum Gasteiger partial charge on any atom is -0.426 e. The van der Waals surface area contributed by atoms with Gasteiger partial charge in [0.15, 0.2) is 0 Å². The van der Waals surface area contributed by atoms with E-state index in [0.29, 0.717) is 16.3 Å². The van der Waals surface area contributed by atoms with Crippen LogP contribution >= 0.6 is 11.6 Å². The molecule has 21 heavy (non-hydrogen) atoms. The van der Waals surface area contributed by atoms with Gasteiger partial charge in [0.05, 0.1) is 12.0 Å². The molecule has 2 heterocycles. The molecule has 0 spiro atoms. The van der Waals surface area contributed by atoms with Crippen molar-refractivity contribution in [2.45, 2.75) is 19.3 Å². The first-order chi connectivity index (χ1) is 9.97. The molecule has 0 radical (unpaired) electrons. The number of nitrogens with zero attached hydrogens (tertiary/aromatic N) is 1. The van der Waals surface area contributed by atoms with Crippen LogP contribution in [0.5, 0.6) is 5.75 Å². The van der Waals surface area contributed by atoms with E-state index in [-0.39, 0.29) is 23.9 Å². The molecular weight excluding hydrogens is 290 g/mol. The molecule has 0 aliphatic carbocycles. The molecule has 1 aromatic heterocycles. The van der Waals surface area contributed by atoms with Gasteiger partial charge in [-0.25, -0.2) is 0 Å². The number of fused-ring (bicyclic) bond motifs is 1. The van der Waals surface area contributed by atoms with Crippen LogP contribution in [-0.4, -0.2) is 10.5 Å². The fourth-order valence-corrected chi connectivity index (χ4v) is 2.86. The normalized spacial score (nSPS) is 17.3. The van der Waals surface area contributed by atoms with E-state index in [4.69, 9.17) is 16.3 Å². The number of aryl methyl sites for hydroxylation is 1. The monoisotopic (exact) mass is 303 g/mol. The van der Waals surface area contributed by atoms with Gasteiger partial charge < -0.3 is 9.30 Å². The fraction of sp³-hybridized carbons (Fsp3) is 0.250. The van der Waals surface area contributed by atoms with E-state index in [2.05, 4.69) is 0 Å². The molecule has 1 atom stereocenters. The molecule has 1 aromatic carbocycles. The van der Waals surface area contributed by atoms with Gasteiger partial charge in [-0.15, -0.1) is 0 Å². The van der Waals surface area contributed by atoms with Crippen LogP contribution in [0.1, 0.15) is 29.2 Å². The highest BCUT2D eigenvalue weighted by Crippen LogP contribution is 2.37. The zero-order chi connectivity index (χ0) is 15.1. The van der Waals surface area contributed by atoms with Crippen LogP contribution in [-0.2, 0) is 11.8 Å². The van der Waals surface area contributed by atoms with E-state index in [1.54, 1.807) is 36.7 Å². The zero-order valence-corrected chi connectivity index (χ0v) is 12.5. The molecule has 0 saturated carbocycles. The lowest BCUT2D eigenvalue weighted by atomic mass is 9.87. The summed E-state index contributed by atoms with van der Waals surface area (Å²) in [6, 6.07) is 8.97. The molecule has 0 fully saturated rings. The molecule has 4 nitrogen and oxygen atoms in total. The van der Waals surface area contributed by atoms with Crippen molar-refractivity contribution in [1.82, 2.24) is 4.57 Å². The number of halogens is 1. The van der Waals surface area contributed by atoms with Crippen LogP contribution < -0.4 is 10.3 Å². The molecule has 0 N–H and O–H groups in total. The summed E-state index contributed by atoms with van der Waals surface area (Å²) in [5, 5.41) is 0.580. The van der Waals surface area contributed by atoms with Crippen molar-refractivity contribution in [2.75, 3.05) is 0 Å². The van der Waals surface area contributed by atoms with Crippen molar-refractivity contribution in [3.05, 3.63) is 62.5 Å². The molecule has 0 bridgehead atoms. The Kier molecular flexibility index (Phi) is 3.33. The van der Waals surface area contributed by atoms with Crippen LogP contribution in [0.15, 0.2) is 35.1 Å². The summed E-state index contributed by atoms with van der Waals surface area (Å²) >= 11 is 6.02. The highest BCUT2D eigenvalue weighted by atomic mass is 35.5. The minimum absolute atomic E-state index is 0.137. The molecule has 0 amide bonds. The third kappa shape index (κ3) is 2.36. The van der Waals surface area contributed by atoms with Crippen LogP contribution in [0, 0.1) is 6.92 Å². The van der Waals surface area contributed by atoms with Gasteiger partial charge >= 0.3 is 5.97 Å². The standard InChI is InChI=1S/C16H14ClNO3/c1-9-6-13-15(16(20)18(9)2)12(8-14(19)21-13)10-4-3-5-11(17)7-10/h3-7,12H,8H2,1-2H3/t12-/m0/s1. The average molecular weight is 304 g/mol. The number of esters is 1. The largest absolute Gasteiger partial charge is 0.426 e. The topological polar surface area (TPSA) is 48.3 Å². The third-order valence-electron chi connectivity index (χ3n) is 3.86. The predicted octanol–water partition coefficient (Wildman–Crippen LogP) is 2.79. The average Bonchev–Trinajstić information content (AvgIpc) is 2.44. The molecule has 2 aromatic rings.